The minimum Gasteiger partial charge on any atom is -0.322 e. The highest BCUT2D eigenvalue weighted by molar-refractivity contribution is 6.30. The molecule has 116 valence electrons. The molecule has 0 aliphatic carbocycles. The van der Waals surface area contributed by atoms with E-state index in [0.29, 0.717) is 11.6 Å². The molecule has 1 amide bonds. The van der Waals surface area contributed by atoms with Crippen molar-refractivity contribution in [1.29, 1.82) is 0 Å². The van der Waals surface area contributed by atoms with E-state index in [1.807, 2.05) is 0 Å². The van der Waals surface area contributed by atoms with E-state index in [4.69, 9.17) is 11.6 Å². The van der Waals surface area contributed by atoms with Gasteiger partial charge in [0.15, 0.2) is 0 Å². The molecule has 6 heteroatoms. The Morgan fingerprint density at radius 3 is 2.73 bits per heavy atom. The van der Waals surface area contributed by atoms with Crippen LogP contribution in [-0.4, -0.2) is 24.4 Å². The summed E-state index contributed by atoms with van der Waals surface area (Å²) >= 11 is 5.76. The Bertz CT molecular complexity index is 679. The second kappa shape index (κ2) is 7.33. The number of benzene rings is 2. The van der Waals surface area contributed by atoms with Gasteiger partial charge in [-0.3, -0.25) is 9.69 Å². The molecule has 3 nitrogen and oxygen atoms in total. The van der Waals surface area contributed by atoms with Crippen molar-refractivity contribution in [3.8, 4) is 0 Å². The highest BCUT2D eigenvalue weighted by Crippen LogP contribution is 2.19. The molecule has 0 heterocycles. The van der Waals surface area contributed by atoms with Gasteiger partial charge in [0.1, 0.15) is 11.6 Å². The summed E-state index contributed by atoms with van der Waals surface area (Å²) in [7, 11) is 1.72. The lowest BCUT2D eigenvalue weighted by Gasteiger charge is -2.16. The van der Waals surface area contributed by atoms with Gasteiger partial charge in [0.2, 0.25) is 5.91 Å². The molecule has 0 fully saturated rings. The van der Waals surface area contributed by atoms with Crippen LogP contribution in [0.2, 0.25) is 5.02 Å². The number of halogens is 3. The van der Waals surface area contributed by atoms with Gasteiger partial charge in [-0.25, -0.2) is 8.78 Å². The van der Waals surface area contributed by atoms with E-state index in [-0.39, 0.29) is 24.0 Å². The second-order valence-electron chi connectivity index (χ2n) is 4.97. The third-order valence-corrected chi connectivity index (χ3v) is 3.19. The Balaban J connectivity index is 1.92. The first-order valence-electron chi connectivity index (χ1n) is 6.62. The standard InChI is InChI=1S/C16H15ClF2N2O/c1-21(9-11-3-2-4-13(18)7-11)10-16(22)20-15-8-12(17)5-6-14(15)19/h2-8H,9-10H2,1H3,(H,20,22). The number of likely N-dealkylation sites (N-methyl/N-ethyl adjacent to an activating group) is 1. The van der Waals surface area contributed by atoms with E-state index < -0.39 is 5.82 Å². The zero-order valence-corrected chi connectivity index (χ0v) is 12.7. The average molecular weight is 325 g/mol. The molecule has 0 bridgehead atoms. The van der Waals surface area contributed by atoms with Gasteiger partial charge < -0.3 is 5.32 Å². The predicted octanol–water partition coefficient (Wildman–Crippen LogP) is 3.69. The number of anilines is 1. The lowest BCUT2D eigenvalue weighted by atomic mass is 10.2. The minimum absolute atomic E-state index is 0.0386. The SMILES string of the molecule is CN(CC(=O)Nc1cc(Cl)ccc1F)Cc1cccc(F)c1. The maximum absolute atomic E-state index is 13.5. The van der Waals surface area contributed by atoms with E-state index in [2.05, 4.69) is 5.32 Å². The fourth-order valence-corrected chi connectivity index (χ4v) is 2.20. The van der Waals surface area contributed by atoms with Gasteiger partial charge in [0.25, 0.3) is 0 Å². The summed E-state index contributed by atoms with van der Waals surface area (Å²) in [5.74, 6) is -1.25. The van der Waals surface area contributed by atoms with Gasteiger partial charge in [-0.05, 0) is 42.9 Å². The number of nitrogens with zero attached hydrogens (tertiary/aromatic N) is 1. The zero-order chi connectivity index (χ0) is 16.1. The Hall–Kier alpha value is -1.98. The van der Waals surface area contributed by atoms with E-state index in [0.717, 1.165) is 5.56 Å². The average Bonchev–Trinajstić information content (AvgIpc) is 2.42. The maximum atomic E-state index is 13.5. The van der Waals surface area contributed by atoms with Gasteiger partial charge in [0.05, 0.1) is 12.2 Å². The molecule has 2 aromatic carbocycles. The van der Waals surface area contributed by atoms with E-state index in [1.54, 1.807) is 24.1 Å². The Kier molecular flexibility index (Phi) is 5.46. The van der Waals surface area contributed by atoms with Crippen LogP contribution in [0.3, 0.4) is 0 Å². The highest BCUT2D eigenvalue weighted by atomic mass is 35.5. The second-order valence-corrected chi connectivity index (χ2v) is 5.41. The minimum atomic E-state index is -0.550. The number of hydrogen-bond acceptors (Lipinski definition) is 2. The fraction of sp³-hybridized carbons (Fsp3) is 0.188. The first-order chi connectivity index (χ1) is 10.4. The molecule has 2 aromatic rings. The summed E-state index contributed by atoms with van der Waals surface area (Å²) < 4.78 is 26.6. The highest BCUT2D eigenvalue weighted by Gasteiger charge is 2.11. The Morgan fingerprint density at radius 1 is 1.23 bits per heavy atom. The van der Waals surface area contributed by atoms with Gasteiger partial charge in [-0.2, -0.15) is 0 Å². The lowest BCUT2D eigenvalue weighted by Crippen LogP contribution is -2.30. The number of carbonyl (C=O) groups excluding carboxylic acids is 1. The molecular weight excluding hydrogens is 310 g/mol. The van der Waals surface area contributed by atoms with Crippen molar-refractivity contribution < 1.29 is 13.6 Å². The summed E-state index contributed by atoms with van der Waals surface area (Å²) in [6.07, 6.45) is 0. The topological polar surface area (TPSA) is 32.3 Å². The molecule has 0 saturated heterocycles. The lowest BCUT2D eigenvalue weighted by molar-refractivity contribution is -0.117. The summed E-state index contributed by atoms with van der Waals surface area (Å²) in [6.45, 7) is 0.450. The van der Waals surface area contributed by atoms with Crippen LogP contribution in [0.4, 0.5) is 14.5 Å². The summed E-state index contributed by atoms with van der Waals surface area (Å²) in [5, 5.41) is 2.80. The van der Waals surface area contributed by atoms with Gasteiger partial charge >= 0.3 is 0 Å². The molecular formula is C16H15ClF2N2O. The molecule has 1 N–H and O–H groups in total. The molecule has 0 radical (unpaired) electrons. The quantitative estimate of drug-likeness (QED) is 0.909. The number of rotatable bonds is 5. The van der Waals surface area contributed by atoms with Crippen LogP contribution in [-0.2, 0) is 11.3 Å². The monoisotopic (exact) mass is 324 g/mol. The van der Waals surface area contributed by atoms with Crippen LogP contribution in [0.5, 0.6) is 0 Å². The Labute approximate surface area is 132 Å². The van der Waals surface area contributed by atoms with Gasteiger partial charge in [-0.1, -0.05) is 23.7 Å². The largest absolute Gasteiger partial charge is 0.322 e. The van der Waals surface area contributed by atoms with Gasteiger partial charge in [-0.15, -0.1) is 0 Å². The van der Waals surface area contributed by atoms with Crippen molar-refractivity contribution in [3.05, 3.63) is 64.7 Å². The molecule has 0 aliphatic rings. The van der Waals surface area contributed by atoms with E-state index >= 15 is 0 Å². The third-order valence-electron chi connectivity index (χ3n) is 2.96. The van der Waals surface area contributed by atoms with Crippen LogP contribution in [0.25, 0.3) is 0 Å². The summed E-state index contributed by atoms with van der Waals surface area (Å²) in [5.41, 5.74) is 0.792. The number of hydrogen-bond donors (Lipinski definition) is 1. The van der Waals surface area contributed by atoms with E-state index in [9.17, 15) is 13.6 Å². The first kappa shape index (κ1) is 16.4. The van der Waals surface area contributed by atoms with Crippen molar-refractivity contribution in [2.24, 2.45) is 0 Å². The smallest absolute Gasteiger partial charge is 0.238 e. The predicted molar refractivity (Wildman–Crippen MR) is 82.8 cm³/mol. The number of amides is 1. The van der Waals surface area contributed by atoms with Gasteiger partial charge in [0, 0.05) is 11.6 Å². The normalized spacial score (nSPS) is 10.8. The number of carbonyl (C=O) groups is 1. The van der Waals surface area contributed by atoms with Crippen LogP contribution >= 0.6 is 11.6 Å². The molecule has 2 rings (SSSR count). The molecule has 0 aromatic heterocycles. The first-order valence-corrected chi connectivity index (χ1v) is 7.00. The van der Waals surface area contributed by atoms with Crippen LogP contribution in [0, 0.1) is 11.6 Å². The maximum Gasteiger partial charge on any atom is 0.238 e. The van der Waals surface area contributed by atoms with Crippen LogP contribution in [0.1, 0.15) is 5.56 Å². The zero-order valence-electron chi connectivity index (χ0n) is 11.9. The summed E-state index contributed by atoms with van der Waals surface area (Å²) in [4.78, 5) is 13.6. The van der Waals surface area contributed by atoms with Crippen molar-refractivity contribution in [1.82, 2.24) is 4.90 Å². The van der Waals surface area contributed by atoms with E-state index in [1.165, 1.54) is 30.3 Å². The van der Waals surface area contributed by atoms with Crippen LogP contribution < -0.4 is 5.32 Å². The van der Waals surface area contributed by atoms with Crippen LogP contribution in [0.15, 0.2) is 42.5 Å². The molecule has 0 spiro atoms. The van der Waals surface area contributed by atoms with Crippen molar-refractivity contribution >= 4 is 23.2 Å². The summed E-state index contributed by atoms with van der Waals surface area (Å²) in [6, 6.07) is 10.1. The molecule has 0 unspecified atom stereocenters. The van der Waals surface area contributed by atoms with Crippen molar-refractivity contribution in [3.63, 3.8) is 0 Å². The third kappa shape index (κ3) is 4.79. The fourth-order valence-electron chi connectivity index (χ4n) is 2.03. The molecule has 0 aliphatic heterocycles. The molecule has 0 atom stereocenters. The Morgan fingerprint density at radius 2 is 2.00 bits per heavy atom. The van der Waals surface area contributed by atoms with Crippen molar-refractivity contribution in [2.75, 3.05) is 18.9 Å². The number of nitrogens with one attached hydrogen (secondary N) is 1. The molecule has 0 saturated carbocycles. The molecule has 22 heavy (non-hydrogen) atoms. The van der Waals surface area contributed by atoms with Crippen molar-refractivity contribution in [2.45, 2.75) is 6.54 Å².